The molecule has 0 bridgehead atoms. The number of carbonyl (C=O) groups is 1. The number of carbonyl (C=O) groups excluding carboxylic acids is 1. The number of methoxy groups -OCH3 is 1. The lowest BCUT2D eigenvalue weighted by molar-refractivity contribution is 0.0689. The molecular formula is C25H33NO3. The zero-order valence-electron chi connectivity index (χ0n) is 17.9. The number of hydrogen-bond donors (Lipinski definition) is 0. The molecule has 4 heteroatoms. The summed E-state index contributed by atoms with van der Waals surface area (Å²) in [7, 11) is 1.65. The molecule has 2 aromatic rings. The van der Waals surface area contributed by atoms with E-state index in [9.17, 15) is 4.79 Å². The highest BCUT2D eigenvalue weighted by atomic mass is 16.5. The van der Waals surface area contributed by atoms with Gasteiger partial charge in [0.2, 0.25) is 0 Å². The van der Waals surface area contributed by atoms with Gasteiger partial charge in [0, 0.05) is 30.8 Å². The van der Waals surface area contributed by atoms with E-state index in [0.29, 0.717) is 25.0 Å². The minimum atomic E-state index is 0.107. The highest BCUT2D eigenvalue weighted by Crippen LogP contribution is 2.25. The summed E-state index contributed by atoms with van der Waals surface area (Å²) >= 11 is 0. The third kappa shape index (κ3) is 6.07. The number of hydrogen-bond acceptors (Lipinski definition) is 3. The Morgan fingerprint density at radius 2 is 1.83 bits per heavy atom. The summed E-state index contributed by atoms with van der Waals surface area (Å²) in [6.45, 7) is 7.04. The van der Waals surface area contributed by atoms with Crippen LogP contribution in [0.1, 0.15) is 48.2 Å². The van der Waals surface area contributed by atoms with Crippen molar-refractivity contribution in [2.45, 2.75) is 39.7 Å². The highest BCUT2D eigenvalue weighted by molar-refractivity contribution is 5.94. The molecular weight excluding hydrogens is 362 g/mol. The van der Waals surface area contributed by atoms with E-state index in [1.807, 2.05) is 23.1 Å². The van der Waals surface area contributed by atoms with Gasteiger partial charge in [0.15, 0.2) is 0 Å². The van der Waals surface area contributed by atoms with Crippen molar-refractivity contribution in [2.75, 3.05) is 26.8 Å². The van der Waals surface area contributed by atoms with E-state index in [2.05, 4.69) is 44.2 Å². The van der Waals surface area contributed by atoms with Gasteiger partial charge in [0.25, 0.3) is 5.91 Å². The minimum absolute atomic E-state index is 0.107. The fourth-order valence-corrected chi connectivity index (χ4v) is 3.90. The third-order valence-corrected chi connectivity index (χ3v) is 5.51. The zero-order valence-corrected chi connectivity index (χ0v) is 17.9. The standard InChI is InChI=1S/C25H33NO3/c1-19(2)17-29-18-23-16-22(9-10-24(23)28-3)25(27)26-13-11-21(12-14-26)15-20-7-5-4-6-8-20/h4-10,16,19,21H,11-15,17-18H2,1-3H3. The summed E-state index contributed by atoms with van der Waals surface area (Å²) in [6, 6.07) is 16.3. The quantitative estimate of drug-likeness (QED) is 0.634. The topological polar surface area (TPSA) is 38.8 Å². The lowest BCUT2D eigenvalue weighted by atomic mass is 9.90. The summed E-state index contributed by atoms with van der Waals surface area (Å²) in [5, 5.41) is 0. The van der Waals surface area contributed by atoms with Gasteiger partial charge < -0.3 is 14.4 Å². The number of amides is 1. The predicted molar refractivity (Wildman–Crippen MR) is 116 cm³/mol. The average molecular weight is 396 g/mol. The van der Waals surface area contributed by atoms with Crippen LogP contribution >= 0.6 is 0 Å². The molecule has 4 nitrogen and oxygen atoms in total. The van der Waals surface area contributed by atoms with Crippen LogP contribution < -0.4 is 4.74 Å². The summed E-state index contributed by atoms with van der Waals surface area (Å²) in [4.78, 5) is 15.0. The maximum atomic E-state index is 13.0. The number of ether oxygens (including phenoxy) is 2. The fourth-order valence-electron chi connectivity index (χ4n) is 3.90. The van der Waals surface area contributed by atoms with Gasteiger partial charge in [-0.05, 0) is 54.9 Å². The smallest absolute Gasteiger partial charge is 0.253 e. The number of piperidine rings is 1. The molecule has 1 saturated heterocycles. The molecule has 0 N–H and O–H groups in total. The van der Waals surface area contributed by atoms with Crippen LogP contribution in [0.15, 0.2) is 48.5 Å². The van der Waals surface area contributed by atoms with E-state index in [1.165, 1.54) is 5.56 Å². The van der Waals surface area contributed by atoms with E-state index >= 15 is 0 Å². The maximum Gasteiger partial charge on any atom is 0.253 e. The van der Waals surface area contributed by atoms with E-state index in [4.69, 9.17) is 9.47 Å². The van der Waals surface area contributed by atoms with Gasteiger partial charge in [-0.2, -0.15) is 0 Å². The van der Waals surface area contributed by atoms with E-state index < -0.39 is 0 Å². The normalized spacial score (nSPS) is 15.0. The second-order valence-electron chi connectivity index (χ2n) is 8.36. The predicted octanol–water partition coefficient (Wildman–Crippen LogP) is 4.96. The van der Waals surface area contributed by atoms with Crippen LogP contribution in [0.3, 0.4) is 0 Å². The van der Waals surface area contributed by atoms with Crippen LogP contribution in [0.5, 0.6) is 5.75 Å². The van der Waals surface area contributed by atoms with Crippen LogP contribution in [0.25, 0.3) is 0 Å². The first-order valence-corrected chi connectivity index (χ1v) is 10.6. The van der Waals surface area contributed by atoms with Crippen LogP contribution in [-0.4, -0.2) is 37.6 Å². The van der Waals surface area contributed by atoms with Crippen molar-refractivity contribution < 1.29 is 14.3 Å². The molecule has 1 aliphatic heterocycles. The molecule has 29 heavy (non-hydrogen) atoms. The first kappa shape index (κ1) is 21.4. The van der Waals surface area contributed by atoms with Gasteiger partial charge in [0.05, 0.1) is 13.7 Å². The summed E-state index contributed by atoms with van der Waals surface area (Å²) in [5.41, 5.74) is 3.03. The molecule has 0 saturated carbocycles. The average Bonchev–Trinajstić information content (AvgIpc) is 2.74. The molecule has 2 aromatic carbocycles. The van der Waals surface area contributed by atoms with Gasteiger partial charge >= 0.3 is 0 Å². The molecule has 0 aliphatic carbocycles. The molecule has 156 valence electrons. The molecule has 3 rings (SSSR count). The Kier molecular flexibility index (Phi) is 7.70. The highest BCUT2D eigenvalue weighted by Gasteiger charge is 2.24. The van der Waals surface area contributed by atoms with Crippen molar-refractivity contribution in [3.05, 3.63) is 65.2 Å². The van der Waals surface area contributed by atoms with Crippen molar-refractivity contribution >= 4 is 5.91 Å². The SMILES string of the molecule is COc1ccc(C(=O)N2CCC(Cc3ccccc3)CC2)cc1COCC(C)C. The van der Waals surface area contributed by atoms with Gasteiger partial charge in [-0.25, -0.2) is 0 Å². The molecule has 0 atom stereocenters. The van der Waals surface area contributed by atoms with E-state index in [0.717, 1.165) is 49.2 Å². The van der Waals surface area contributed by atoms with Crippen molar-refractivity contribution in [3.63, 3.8) is 0 Å². The van der Waals surface area contributed by atoms with Crippen LogP contribution in [-0.2, 0) is 17.8 Å². The number of rotatable bonds is 8. The summed E-state index contributed by atoms with van der Waals surface area (Å²) in [6.07, 6.45) is 3.21. The van der Waals surface area contributed by atoms with Crippen molar-refractivity contribution in [1.29, 1.82) is 0 Å². The first-order chi connectivity index (χ1) is 14.1. The van der Waals surface area contributed by atoms with E-state index in [-0.39, 0.29) is 5.91 Å². The lowest BCUT2D eigenvalue weighted by Crippen LogP contribution is -2.39. The van der Waals surface area contributed by atoms with E-state index in [1.54, 1.807) is 7.11 Å². The Hall–Kier alpha value is -2.33. The van der Waals surface area contributed by atoms with Crippen molar-refractivity contribution in [2.24, 2.45) is 11.8 Å². The lowest BCUT2D eigenvalue weighted by Gasteiger charge is -2.32. The van der Waals surface area contributed by atoms with Gasteiger partial charge in [-0.3, -0.25) is 4.79 Å². The zero-order chi connectivity index (χ0) is 20.6. The second-order valence-corrected chi connectivity index (χ2v) is 8.36. The largest absolute Gasteiger partial charge is 0.496 e. The molecule has 0 unspecified atom stereocenters. The van der Waals surface area contributed by atoms with Crippen molar-refractivity contribution in [3.8, 4) is 5.75 Å². The first-order valence-electron chi connectivity index (χ1n) is 10.6. The second kappa shape index (κ2) is 10.4. The Bertz CT molecular complexity index is 780. The minimum Gasteiger partial charge on any atom is -0.496 e. The van der Waals surface area contributed by atoms with Crippen LogP contribution in [0.2, 0.25) is 0 Å². The molecule has 1 amide bonds. The van der Waals surface area contributed by atoms with Crippen LogP contribution in [0.4, 0.5) is 0 Å². The Labute approximate surface area is 174 Å². The summed E-state index contributed by atoms with van der Waals surface area (Å²) < 4.78 is 11.2. The Morgan fingerprint density at radius 3 is 2.48 bits per heavy atom. The number of nitrogens with zero attached hydrogens (tertiary/aromatic N) is 1. The number of benzene rings is 2. The molecule has 0 spiro atoms. The molecule has 1 aliphatic rings. The third-order valence-electron chi connectivity index (χ3n) is 5.51. The Morgan fingerprint density at radius 1 is 1.10 bits per heavy atom. The van der Waals surface area contributed by atoms with Gasteiger partial charge in [-0.15, -0.1) is 0 Å². The molecule has 0 aromatic heterocycles. The molecule has 0 radical (unpaired) electrons. The van der Waals surface area contributed by atoms with Gasteiger partial charge in [0.1, 0.15) is 5.75 Å². The summed E-state index contributed by atoms with van der Waals surface area (Å²) in [5.74, 6) is 2.00. The van der Waals surface area contributed by atoms with Crippen LogP contribution in [0, 0.1) is 11.8 Å². The number of likely N-dealkylation sites (tertiary alicyclic amines) is 1. The molecule has 1 fully saturated rings. The molecule has 1 heterocycles. The fraction of sp³-hybridized carbons (Fsp3) is 0.480. The Balaban J connectivity index is 1.58. The van der Waals surface area contributed by atoms with Crippen molar-refractivity contribution in [1.82, 2.24) is 4.90 Å². The maximum absolute atomic E-state index is 13.0. The van der Waals surface area contributed by atoms with Gasteiger partial charge in [-0.1, -0.05) is 44.2 Å². The monoisotopic (exact) mass is 395 g/mol.